The van der Waals surface area contributed by atoms with Crippen LogP contribution in [-0.4, -0.2) is 40.7 Å². The highest BCUT2D eigenvalue weighted by molar-refractivity contribution is 5.85. The maximum Gasteiger partial charge on any atom is 0.307 e. The molecule has 0 saturated heterocycles. The van der Waals surface area contributed by atoms with Crippen LogP contribution in [0.1, 0.15) is 20.3 Å². The van der Waals surface area contributed by atoms with Gasteiger partial charge in [0.1, 0.15) is 17.9 Å². The first kappa shape index (κ1) is 18.3. The average Bonchev–Trinajstić information content (AvgIpc) is 2.84. The molecule has 8 nitrogen and oxygen atoms in total. The smallest absolute Gasteiger partial charge is 0.307 e. The number of carbonyl (C=O) groups is 1. The Bertz CT molecular complexity index is 461. The summed E-state index contributed by atoms with van der Waals surface area (Å²) in [4.78, 5) is 22.1. The summed E-state index contributed by atoms with van der Waals surface area (Å²) in [6.45, 7) is 4.69. The summed E-state index contributed by atoms with van der Waals surface area (Å²) in [5.41, 5.74) is -1.09. The molecule has 0 saturated carbocycles. The predicted molar refractivity (Wildman–Crippen MR) is 77.0 cm³/mol. The summed E-state index contributed by atoms with van der Waals surface area (Å²) >= 11 is 0. The van der Waals surface area contributed by atoms with Crippen LogP contribution < -0.4 is 10.6 Å². The van der Waals surface area contributed by atoms with E-state index >= 15 is 0 Å². The van der Waals surface area contributed by atoms with E-state index in [-0.39, 0.29) is 24.0 Å². The number of nitro groups is 1. The van der Waals surface area contributed by atoms with E-state index in [9.17, 15) is 14.9 Å². The normalized spacial score (nSPS) is 10.8. The molecule has 1 rings (SSSR count). The van der Waals surface area contributed by atoms with Crippen molar-refractivity contribution in [1.82, 2.24) is 20.4 Å². The average molecular weight is 306 g/mol. The van der Waals surface area contributed by atoms with Gasteiger partial charge in [-0.3, -0.25) is 19.6 Å². The standard InChI is InChI=1S/C11H19N5O3.ClH/c1-11(2,10(17)13-6-4-5-12-3)15-8-9(7-14-15)16(18)19;/h7-8,12H,4-6H2,1-3H3,(H,13,17);1H. The van der Waals surface area contributed by atoms with Crippen LogP contribution in [0.15, 0.2) is 12.4 Å². The molecule has 0 aromatic carbocycles. The Hall–Kier alpha value is -1.67. The first-order valence-corrected chi connectivity index (χ1v) is 6.02. The van der Waals surface area contributed by atoms with Gasteiger partial charge in [-0.1, -0.05) is 0 Å². The Morgan fingerprint density at radius 2 is 2.15 bits per heavy atom. The second-order valence-corrected chi connectivity index (χ2v) is 4.67. The minimum absolute atomic E-state index is 0. The summed E-state index contributed by atoms with van der Waals surface area (Å²) in [5.74, 6) is -0.221. The first-order valence-electron chi connectivity index (χ1n) is 6.02. The molecule has 20 heavy (non-hydrogen) atoms. The molecule has 1 aromatic rings. The number of amides is 1. The monoisotopic (exact) mass is 305 g/mol. The fourth-order valence-corrected chi connectivity index (χ4v) is 1.50. The van der Waals surface area contributed by atoms with Crippen LogP contribution in [0.3, 0.4) is 0 Å². The number of nitrogens with one attached hydrogen (secondary N) is 2. The number of aromatic nitrogens is 2. The molecular formula is C11H20ClN5O3. The predicted octanol–water partition coefficient (Wildman–Crippen LogP) is 0.674. The van der Waals surface area contributed by atoms with E-state index in [1.54, 1.807) is 13.8 Å². The number of hydrogen-bond donors (Lipinski definition) is 2. The lowest BCUT2D eigenvalue weighted by molar-refractivity contribution is -0.385. The molecule has 0 bridgehead atoms. The topological polar surface area (TPSA) is 102 Å². The fraction of sp³-hybridized carbons (Fsp3) is 0.636. The maximum atomic E-state index is 12.0. The van der Waals surface area contributed by atoms with Crippen molar-refractivity contribution in [2.45, 2.75) is 25.8 Å². The maximum absolute atomic E-state index is 12.0. The second kappa shape index (κ2) is 7.81. The zero-order valence-electron chi connectivity index (χ0n) is 11.8. The van der Waals surface area contributed by atoms with E-state index in [1.165, 1.54) is 10.9 Å². The van der Waals surface area contributed by atoms with Gasteiger partial charge in [0.25, 0.3) is 0 Å². The van der Waals surface area contributed by atoms with Crippen LogP contribution in [0.4, 0.5) is 5.69 Å². The fourth-order valence-electron chi connectivity index (χ4n) is 1.50. The number of nitrogens with zero attached hydrogens (tertiary/aromatic N) is 3. The lowest BCUT2D eigenvalue weighted by atomic mass is 10.1. The second-order valence-electron chi connectivity index (χ2n) is 4.67. The highest BCUT2D eigenvalue weighted by Crippen LogP contribution is 2.18. The third kappa shape index (κ3) is 4.46. The number of rotatable bonds is 7. The van der Waals surface area contributed by atoms with Crippen molar-refractivity contribution in [3.63, 3.8) is 0 Å². The molecule has 0 aliphatic rings. The van der Waals surface area contributed by atoms with E-state index in [0.29, 0.717) is 6.54 Å². The van der Waals surface area contributed by atoms with E-state index in [0.717, 1.165) is 19.2 Å². The summed E-state index contributed by atoms with van der Waals surface area (Å²) in [6, 6.07) is 0. The molecule has 0 aliphatic heterocycles. The first-order chi connectivity index (χ1) is 8.89. The SMILES string of the molecule is CNCCCNC(=O)C(C)(C)n1cc([N+](=O)[O-])cn1.Cl. The Labute approximate surface area is 123 Å². The molecule has 1 aromatic heterocycles. The van der Waals surface area contributed by atoms with Gasteiger partial charge in [-0.05, 0) is 33.9 Å². The van der Waals surface area contributed by atoms with Gasteiger partial charge in [0.15, 0.2) is 0 Å². The number of carbonyl (C=O) groups excluding carboxylic acids is 1. The zero-order valence-corrected chi connectivity index (χ0v) is 12.6. The molecule has 1 heterocycles. The van der Waals surface area contributed by atoms with Gasteiger partial charge in [-0.25, -0.2) is 0 Å². The lowest BCUT2D eigenvalue weighted by Gasteiger charge is -2.23. The molecule has 0 atom stereocenters. The molecular weight excluding hydrogens is 286 g/mol. The van der Waals surface area contributed by atoms with Gasteiger partial charge in [0.2, 0.25) is 5.91 Å². The van der Waals surface area contributed by atoms with Gasteiger partial charge in [-0.2, -0.15) is 5.10 Å². The lowest BCUT2D eigenvalue weighted by Crippen LogP contribution is -2.45. The van der Waals surface area contributed by atoms with E-state index in [2.05, 4.69) is 15.7 Å². The van der Waals surface area contributed by atoms with Gasteiger partial charge in [-0.15, -0.1) is 12.4 Å². The third-order valence-electron chi connectivity index (χ3n) is 2.80. The molecule has 9 heteroatoms. The van der Waals surface area contributed by atoms with Gasteiger partial charge in [0, 0.05) is 6.54 Å². The molecule has 0 spiro atoms. The number of hydrogen-bond acceptors (Lipinski definition) is 5. The largest absolute Gasteiger partial charge is 0.354 e. The van der Waals surface area contributed by atoms with Crippen LogP contribution in [0.2, 0.25) is 0 Å². The van der Waals surface area contributed by atoms with E-state index in [4.69, 9.17) is 0 Å². The molecule has 0 unspecified atom stereocenters. The van der Waals surface area contributed by atoms with Crippen molar-refractivity contribution in [2.24, 2.45) is 0 Å². The van der Waals surface area contributed by atoms with Crippen molar-refractivity contribution < 1.29 is 9.72 Å². The molecule has 0 aliphatic carbocycles. The van der Waals surface area contributed by atoms with E-state index in [1.807, 2.05) is 7.05 Å². The van der Waals surface area contributed by atoms with Crippen molar-refractivity contribution >= 4 is 24.0 Å². The van der Waals surface area contributed by atoms with Gasteiger partial charge < -0.3 is 10.6 Å². The zero-order chi connectivity index (χ0) is 14.5. The van der Waals surface area contributed by atoms with Crippen molar-refractivity contribution in [2.75, 3.05) is 20.1 Å². The van der Waals surface area contributed by atoms with Crippen molar-refractivity contribution in [1.29, 1.82) is 0 Å². The van der Waals surface area contributed by atoms with Gasteiger partial charge >= 0.3 is 5.69 Å². The van der Waals surface area contributed by atoms with Crippen LogP contribution >= 0.6 is 12.4 Å². The highest BCUT2D eigenvalue weighted by atomic mass is 35.5. The summed E-state index contributed by atoms with van der Waals surface area (Å²) < 4.78 is 1.30. The van der Waals surface area contributed by atoms with Crippen LogP contribution in [0.5, 0.6) is 0 Å². The summed E-state index contributed by atoms with van der Waals surface area (Å²) in [6.07, 6.45) is 3.21. The molecule has 0 radical (unpaired) electrons. The quantitative estimate of drug-likeness (QED) is 0.438. The summed E-state index contributed by atoms with van der Waals surface area (Å²) in [7, 11) is 1.84. The Kier molecular flexibility index (Phi) is 7.16. The molecule has 2 N–H and O–H groups in total. The van der Waals surface area contributed by atoms with Crippen LogP contribution in [-0.2, 0) is 10.3 Å². The Morgan fingerprint density at radius 3 is 2.65 bits per heavy atom. The third-order valence-corrected chi connectivity index (χ3v) is 2.80. The summed E-state index contributed by atoms with van der Waals surface area (Å²) in [5, 5.41) is 20.2. The highest BCUT2D eigenvalue weighted by Gasteiger charge is 2.31. The van der Waals surface area contributed by atoms with Crippen LogP contribution in [0.25, 0.3) is 0 Å². The van der Waals surface area contributed by atoms with Gasteiger partial charge in [0.05, 0.1) is 4.92 Å². The molecule has 114 valence electrons. The minimum atomic E-state index is -0.964. The van der Waals surface area contributed by atoms with Crippen molar-refractivity contribution in [3.05, 3.63) is 22.5 Å². The molecule has 1 amide bonds. The Morgan fingerprint density at radius 1 is 1.50 bits per heavy atom. The van der Waals surface area contributed by atoms with Crippen LogP contribution in [0, 0.1) is 10.1 Å². The Balaban J connectivity index is 0.00000361. The van der Waals surface area contributed by atoms with Crippen molar-refractivity contribution in [3.8, 4) is 0 Å². The minimum Gasteiger partial charge on any atom is -0.354 e. The number of halogens is 1. The molecule has 0 fully saturated rings. The van der Waals surface area contributed by atoms with E-state index < -0.39 is 10.5 Å².